The number of alkyl halides is 3. The summed E-state index contributed by atoms with van der Waals surface area (Å²) in [6.07, 6.45) is 1.36. The summed E-state index contributed by atoms with van der Waals surface area (Å²) in [6.45, 7) is 3.64. The first-order valence-corrected chi connectivity index (χ1v) is 8.75. The van der Waals surface area contributed by atoms with Crippen molar-refractivity contribution < 1.29 is 18.3 Å². The lowest BCUT2D eigenvalue weighted by atomic mass is 9.92. The van der Waals surface area contributed by atoms with Crippen molar-refractivity contribution in [3.8, 4) is 0 Å². The number of halogens is 3. The number of hydrogen-bond donors (Lipinski definition) is 1. The minimum Gasteiger partial charge on any atom is -0.379 e. The summed E-state index contributed by atoms with van der Waals surface area (Å²) in [5, 5.41) is 9.79. The number of aliphatic imine (C=N–C) groups is 1. The number of benzene rings is 1. The van der Waals surface area contributed by atoms with Crippen LogP contribution in [0.1, 0.15) is 62.6 Å². The van der Waals surface area contributed by atoms with Gasteiger partial charge in [0.15, 0.2) is 5.60 Å². The van der Waals surface area contributed by atoms with Crippen LogP contribution in [-0.4, -0.2) is 29.1 Å². The lowest BCUT2D eigenvalue weighted by molar-refractivity contribution is -0.250. The number of hydrogen-bond acceptors (Lipinski definition) is 2. The van der Waals surface area contributed by atoms with Gasteiger partial charge in [-0.25, -0.2) is 0 Å². The third kappa shape index (κ3) is 4.18. The molecule has 1 atom stereocenters. The van der Waals surface area contributed by atoms with E-state index < -0.39 is 24.7 Å². The molecule has 1 heterocycles. The van der Waals surface area contributed by atoms with Crippen molar-refractivity contribution in [3.05, 3.63) is 34.9 Å². The minimum atomic E-state index is -4.65. The van der Waals surface area contributed by atoms with Crippen molar-refractivity contribution in [2.24, 2.45) is 4.99 Å². The van der Waals surface area contributed by atoms with E-state index in [1.54, 1.807) is 0 Å². The molecule has 1 aliphatic rings. The number of aryl methyl sites for hydroxylation is 2. The van der Waals surface area contributed by atoms with Crippen molar-refractivity contribution in [2.75, 3.05) is 6.54 Å². The second-order valence-corrected chi connectivity index (χ2v) is 6.62. The average molecular weight is 341 g/mol. The van der Waals surface area contributed by atoms with Crippen LogP contribution in [0, 0.1) is 0 Å². The molecule has 1 aromatic carbocycles. The number of nitrogens with zero attached hydrogens (tertiary/aromatic N) is 1. The second-order valence-electron chi connectivity index (χ2n) is 6.62. The monoisotopic (exact) mass is 341 g/mol. The number of rotatable bonds is 7. The van der Waals surface area contributed by atoms with E-state index in [0.717, 1.165) is 19.3 Å². The van der Waals surface area contributed by atoms with Gasteiger partial charge >= 0.3 is 6.18 Å². The fourth-order valence-corrected chi connectivity index (χ4v) is 3.12. The van der Waals surface area contributed by atoms with Crippen molar-refractivity contribution in [2.45, 2.75) is 70.6 Å². The van der Waals surface area contributed by atoms with E-state index in [-0.39, 0.29) is 0 Å². The molecular weight excluding hydrogens is 315 g/mol. The van der Waals surface area contributed by atoms with Gasteiger partial charge in [-0.1, -0.05) is 45.2 Å². The topological polar surface area (TPSA) is 32.6 Å². The first-order chi connectivity index (χ1) is 11.3. The Morgan fingerprint density at radius 1 is 1.12 bits per heavy atom. The quantitative estimate of drug-likeness (QED) is 0.706. The molecule has 1 N–H and O–H groups in total. The standard InChI is InChI=1S/C19H26F3NO/c1-3-5-6-7-8-15-11-16(10-9-14(15)4-2)17-12-18(24,13-23-17)19(20,21)22/h9-11,24H,3-8,12-13H2,1-2H3. The van der Waals surface area contributed by atoms with Crippen LogP contribution in [0.3, 0.4) is 0 Å². The molecule has 1 unspecified atom stereocenters. The van der Waals surface area contributed by atoms with E-state index in [9.17, 15) is 18.3 Å². The van der Waals surface area contributed by atoms with Gasteiger partial charge in [0.25, 0.3) is 0 Å². The molecule has 1 aliphatic heterocycles. The summed E-state index contributed by atoms with van der Waals surface area (Å²) in [4.78, 5) is 3.98. The third-order valence-electron chi connectivity index (χ3n) is 4.74. The molecule has 1 aromatic rings. The first-order valence-electron chi connectivity index (χ1n) is 8.75. The largest absolute Gasteiger partial charge is 0.419 e. The maximum absolute atomic E-state index is 12.9. The van der Waals surface area contributed by atoms with E-state index in [1.165, 1.54) is 30.4 Å². The molecule has 134 valence electrons. The van der Waals surface area contributed by atoms with Crippen LogP contribution in [0.4, 0.5) is 13.2 Å². The highest BCUT2D eigenvalue weighted by molar-refractivity contribution is 6.02. The van der Waals surface area contributed by atoms with Gasteiger partial charge in [0, 0.05) is 12.1 Å². The van der Waals surface area contributed by atoms with Crippen LogP contribution in [0.5, 0.6) is 0 Å². The van der Waals surface area contributed by atoms with Gasteiger partial charge in [0.2, 0.25) is 0 Å². The molecular formula is C19H26F3NO. The van der Waals surface area contributed by atoms with Gasteiger partial charge < -0.3 is 5.11 Å². The van der Waals surface area contributed by atoms with Crippen molar-refractivity contribution >= 4 is 5.71 Å². The van der Waals surface area contributed by atoms with Crippen LogP contribution < -0.4 is 0 Å². The zero-order chi connectivity index (χ0) is 17.8. The fraction of sp³-hybridized carbons (Fsp3) is 0.632. The van der Waals surface area contributed by atoms with E-state index in [1.807, 2.05) is 18.2 Å². The summed E-state index contributed by atoms with van der Waals surface area (Å²) in [7, 11) is 0. The summed E-state index contributed by atoms with van der Waals surface area (Å²) < 4.78 is 38.8. The minimum absolute atomic E-state index is 0.354. The Morgan fingerprint density at radius 2 is 1.88 bits per heavy atom. The van der Waals surface area contributed by atoms with Gasteiger partial charge in [-0.2, -0.15) is 13.2 Å². The number of aliphatic hydroxyl groups is 1. The maximum atomic E-state index is 12.9. The SMILES string of the molecule is CCCCCCc1cc(C2=NCC(O)(C(F)(F)F)C2)ccc1CC. The van der Waals surface area contributed by atoms with Crippen molar-refractivity contribution in [3.63, 3.8) is 0 Å². The smallest absolute Gasteiger partial charge is 0.379 e. The Balaban J connectivity index is 2.14. The van der Waals surface area contributed by atoms with Gasteiger partial charge in [-0.3, -0.25) is 4.99 Å². The predicted octanol–water partition coefficient (Wildman–Crippen LogP) is 4.86. The number of unbranched alkanes of at least 4 members (excludes halogenated alkanes) is 3. The average Bonchev–Trinajstić information content (AvgIpc) is 2.95. The highest BCUT2D eigenvalue weighted by Gasteiger charge is 2.56. The fourth-order valence-electron chi connectivity index (χ4n) is 3.12. The Bertz CT molecular complexity index is 595. The summed E-state index contributed by atoms with van der Waals surface area (Å²) in [5.41, 5.74) is 0.772. The van der Waals surface area contributed by atoms with Gasteiger partial charge in [-0.05, 0) is 42.0 Å². The van der Waals surface area contributed by atoms with Crippen molar-refractivity contribution in [1.82, 2.24) is 0 Å². The van der Waals surface area contributed by atoms with Crippen LogP contribution in [0.15, 0.2) is 23.2 Å². The molecule has 0 aromatic heterocycles. The molecule has 0 saturated heterocycles. The van der Waals surface area contributed by atoms with Crippen LogP contribution >= 0.6 is 0 Å². The lowest BCUT2D eigenvalue weighted by Crippen LogP contribution is -2.46. The maximum Gasteiger partial charge on any atom is 0.419 e. The molecule has 0 amide bonds. The van der Waals surface area contributed by atoms with Crippen LogP contribution in [0.25, 0.3) is 0 Å². The molecule has 0 aliphatic carbocycles. The highest BCUT2D eigenvalue weighted by atomic mass is 19.4. The predicted molar refractivity (Wildman–Crippen MR) is 90.7 cm³/mol. The summed E-state index contributed by atoms with van der Waals surface area (Å²) >= 11 is 0. The molecule has 0 fully saturated rings. The summed E-state index contributed by atoms with van der Waals surface area (Å²) in [6, 6.07) is 5.78. The van der Waals surface area contributed by atoms with E-state index in [2.05, 4.69) is 18.8 Å². The zero-order valence-corrected chi connectivity index (χ0v) is 14.4. The van der Waals surface area contributed by atoms with Gasteiger partial charge in [0.05, 0.1) is 6.54 Å². The molecule has 0 spiro atoms. The van der Waals surface area contributed by atoms with Crippen LogP contribution in [0.2, 0.25) is 0 Å². The molecule has 0 radical (unpaired) electrons. The first kappa shape index (κ1) is 19.0. The van der Waals surface area contributed by atoms with Crippen LogP contribution in [-0.2, 0) is 12.8 Å². The molecule has 2 rings (SSSR count). The Kier molecular flexibility index (Phi) is 6.07. The Hall–Kier alpha value is -1.36. The molecule has 5 heteroatoms. The Morgan fingerprint density at radius 3 is 2.46 bits per heavy atom. The zero-order valence-electron chi connectivity index (χ0n) is 14.4. The lowest BCUT2D eigenvalue weighted by Gasteiger charge is -2.24. The van der Waals surface area contributed by atoms with E-state index in [4.69, 9.17) is 0 Å². The van der Waals surface area contributed by atoms with E-state index in [0.29, 0.717) is 11.3 Å². The Labute approximate surface area is 141 Å². The molecule has 24 heavy (non-hydrogen) atoms. The highest BCUT2D eigenvalue weighted by Crippen LogP contribution is 2.38. The molecule has 2 nitrogen and oxygen atoms in total. The van der Waals surface area contributed by atoms with E-state index >= 15 is 0 Å². The normalized spacial score (nSPS) is 21.2. The molecule has 0 saturated carbocycles. The second kappa shape index (κ2) is 7.68. The summed E-state index contributed by atoms with van der Waals surface area (Å²) in [5.74, 6) is 0. The van der Waals surface area contributed by atoms with Crippen molar-refractivity contribution in [1.29, 1.82) is 0 Å². The molecule has 0 bridgehead atoms. The third-order valence-corrected chi connectivity index (χ3v) is 4.74. The van der Waals surface area contributed by atoms with Gasteiger partial charge in [-0.15, -0.1) is 0 Å². The van der Waals surface area contributed by atoms with Gasteiger partial charge in [0.1, 0.15) is 0 Å².